The fraction of sp³-hybridized carbons (Fsp3) is 0.222. The highest BCUT2D eigenvalue weighted by Crippen LogP contribution is 2.30. The first-order valence-corrected chi connectivity index (χ1v) is 10.8. The number of thiophene rings is 2. The van der Waals surface area contributed by atoms with Gasteiger partial charge in [-0.15, -0.1) is 11.3 Å². The fourth-order valence-corrected chi connectivity index (χ4v) is 5.71. The topological polar surface area (TPSA) is 46.2 Å². The zero-order valence-electron chi connectivity index (χ0n) is 13.7. The van der Waals surface area contributed by atoms with Crippen LogP contribution in [0.5, 0.6) is 0 Å². The summed E-state index contributed by atoms with van der Waals surface area (Å²) < 4.78 is 28.9. The van der Waals surface area contributed by atoms with Crippen LogP contribution in [-0.2, 0) is 10.0 Å². The zero-order chi connectivity index (χ0) is 17.3. The highest BCUT2D eigenvalue weighted by molar-refractivity contribution is 7.89. The Bertz CT molecular complexity index is 893. The maximum absolute atomic E-state index is 13.0. The molecule has 2 aromatic heterocycles. The van der Waals surface area contributed by atoms with Gasteiger partial charge in [0.15, 0.2) is 0 Å². The Balaban J connectivity index is 2.02. The summed E-state index contributed by atoms with van der Waals surface area (Å²) >= 11 is 3.12. The van der Waals surface area contributed by atoms with Crippen molar-refractivity contribution in [1.82, 2.24) is 4.72 Å². The molecule has 6 heteroatoms. The van der Waals surface area contributed by atoms with Gasteiger partial charge < -0.3 is 0 Å². The Morgan fingerprint density at radius 2 is 1.75 bits per heavy atom. The van der Waals surface area contributed by atoms with Gasteiger partial charge in [0.1, 0.15) is 0 Å². The molecule has 0 aliphatic heterocycles. The van der Waals surface area contributed by atoms with Crippen LogP contribution in [-0.4, -0.2) is 8.42 Å². The van der Waals surface area contributed by atoms with E-state index in [4.69, 9.17) is 0 Å². The lowest BCUT2D eigenvalue weighted by atomic mass is 10.1. The van der Waals surface area contributed by atoms with Gasteiger partial charge in [-0.05, 0) is 77.4 Å². The normalized spacial score (nSPS) is 13.1. The molecule has 126 valence electrons. The van der Waals surface area contributed by atoms with Crippen LogP contribution < -0.4 is 4.72 Å². The Morgan fingerprint density at radius 3 is 2.38 bits per heavy atom. The van der Waals surface area contributed by atoms with Crippen molar-refractivity contribution < 1.29 is 8.42 Å². The van der Waals surface area contributed by atoms with Crippen LogP contribution in [0.3, 0.4) is 0 Å². The molecule has 0 bridgehead atoms. The summed E-state index contributed by atoms with van der Waals surface area (Å²) in [5.74, 6) is 0. The van der Waals surface area contributed by atoms with Crippen LogP contribution in [0.1, 0.15) is 33.2 Å². The third-order valence-corrected chi connectivity index (χ3v) is 7.26. The highest BCUT2D eigenvalue weighted by atomic mass is 32.2. The van der Waals surface area contributed by atoms with Crippen molar-refractivity contribution in [3.63, 3.8) is 0 Å². The van der Waals surface area contributed by atoms with Gasteiger partial charge in [0.2, 0.25) is 10.0 Å². The van der Waals surface area contributed by atoms with E-state index in [9.17, 15) is 8.42 Å². The first-order valence-electron chi connectivity index (χ1n) is 7.54. The summed E-state index contributed by atoms with van der Waals surface area (Å²) in [6.07, 6.45) is 0. The Hall–Kier alpha value is -1.47. The van der Waals surface area contributed by atoms with Crippen molar-refractivity contribution >= 4 is 32.7 Å². The molecule has 0 spiro atoms. The molecule has 0 aliphatic carbocycles. The van der Waals surface area contributed by atoms with E-state index >= 15 is 0 Å². The van der Waals surface area contributed by atoms with Crippen LogP contribution in [0.4, 0.5) is 0 Å². The first-order chi connectivity index (χ1) is 11.4. The molecule has 3 rings (SSSR count). The quantitative estimate of drug-likeness (QED) is 0.694. The van der Waals surface area contributed by atoms with Gasteiger partial charge in [-0.2, -0.15) is 16.1 Å². The van der Waals surface area contributed by atoms with Gasteiger partial charge in [-0.25, -0.2) is 8.42 Å². The number of aryl methyl sites for hydroxylation is 3. The van der Waals surface area contributed by atoms with E-state index in [0.717, 1.165) is 27.1 Å². The zero-order valence-corrected chi connectivity index (χ0v) is 16.2. The fourth-order valence-electron chi connectivity index (χ4n) is 2.63. The van der Waals surface area contributed by atoms with Crippen molar-refractivity contribution in [2.75, 3.05) is 0 Å². The lowest BCUT2D eigenvalue weighted by molar-refractivity contribution is 0.572. The number of benzene rings is 1. The lowest BCUT2D eigenvalue weighted by Crippen LogP contribution is -2.29. The van der Waals surface area contributed by atoms with Gasteiger partial charge in [-0.1, -0.05) is 12.1 Å². The van der Waals surface area contributed by atoms with E-state index in [0.29, 0.717) is 4.90 Å². The van der Waals surface area contributed by atoms with Crippen molar-refractivity contribution in [2.45, 2.75) is 31.7 Å². The molecular formula is C18H19NO2S3. The number of hydrogen-bond acceptors (Lipinski definition) is 4. The standard InChI is InChI=1S/C18H19NO2S3/c1-12-9-14(3)17(10-13(12)2)24(20,21)19-18(15-6-8-22-11-15)16-5-4-7-23-16/h4-11,18-19H,1-3H3/t18-/m1/s1. The second-order valence-electron chi connectivity index (χ2n) is 5.83. The Morgan fingerprint density at radius 1 is 1.00 bits per heavy atom. The van der Waals surface area contributed by atoms with Gasteiger partial charge in [0, 0.05) is 4.88 Å². The van der Waals surface area contributed by atoms with Crippen molar-refractivity contribution in [1.29, 1.82) is 0 Å². The lowest BCUT2D eigenvalue weighted by Gasteiger charge is -2.18. The van der Waals surface area contributed by atoms with Crippen LogP contribution in [0.15, 0.2) is 51.4 Å². The summed E-state index contributed by atoms with van der Waals surface area (Å²) in [5, 5.41) is 5.91. The third kappa shape index (κ3) is 3.47. The molecule has 1 N–H and O–H groups in total. The van der Waals surface area contributed by atoms with Crippen molar-refractivity contribution in [3.05, 3.63) is 73.6 Å². The van der Waals surface area contributed by atoms with Gasteiger partial charge in [0.25, 0.3) is 0 Å². The smallest absolute Gasteiger partial charge is 0.207 e. The molecule has 2 heterocycles. The number of sulfonamides is 1. The molecule has 3 aromatic rings. The van der Waals surface area contributed by atoms with Crippen LogP contribution >= 0.6 is 22.7 Å². The largest absolute Gasteiger partial charge is 0.241 e. The van der Waals surface area contributed by atoms with Crippen LogP contribution in [0.25, 0.3) is 0 Å². The van der Waals surface area contributed by atoms with E-state index in [1.54, 1.807) is 28.7 Å². The Kier molecular flexibility index (Phi) is 4.92. The van der Waals surface area contributed by atoms with E-state index < -0.39 is 10.0 Å². The van der Waals surface area contributed by atoms with E-state index in [-0.39, 0.29) is 6.04 Å². The van der Waals surface area contributed by atoms with Crippen molar-refractivity contribution in [2.24, 2.45) is 0 Å². The predicted molar refractivity (Wildman–Crippen MR) is 101 cm³/mol. The first kappa shape index (κ1) is 17.4. The molecule has 0 radical (unpaired) electrons. The monoisotopic (exact) mass is 377 g/mol. The molecule has 0 saturated carbocycles. The molecule has 24 heavy (non-hydrogen) atoms. The summed E-state index contributed by atoms with van der Waals surface area (Å²) in [5.41, 5.74) is 3.80. The van der Waals surface area contributed by atoms with Crippen LogP contribution in [0, 0.1) is 20.8 Å². The van der Waals surface area contributed by atoms with Gasteiger partial charge >= 0.3 is 0 Å². The minimum Gasteiger partial charge on any atom is -0.207 e. The average molecular weight is 378 g/mol. The van der Waals surface area contributed by atoms with E-state index in [2.05, 4.69) is 4.72 Å². The van der Waals surface area contributed by atoms with E-state index in [1.165, 1.54) is 0 Å². The summed E-state index contributed by atoms with van der Waals surface area (Å²) in [6.45, 7) is 5.77. The second-order valence-corrected chi connectivity index (χ2v) is 9.27. The molecular weight excluding hydrogens is 358 g/mol. The number of hydrogen-bond donors (Lipinski definition) is 1. The van der Waals surface area contributed by atoms with Crippen LogP contribution in [0.2, 0.25) is 0 Å². The molecule has 0 amide bonds. The Labute approximate surface area is 151 Å². The SMILES string of the molecule is Cc1cc(C)c(S(=O)(=O)N[C@H](c2ccsc2)c2cccs2)cc1C. The van der Waals surface area contributed by atoms with Gasteiger partial charge in [-0.3, -0.25) is 0 Å². The minimum absolute atomic E-state index is 0.349. The third-order valence-electron chi connectivity index (χ3n) is 4.06. The molecule has 0 saturated heterocycles. The predicted octanol–water partition coefficient (Wildman–Crippen LogP) is 4.80. The number of nitrogens with one attached hydrogen (secondary N) is 1. The number of rotatable bonds is 5. The summed E-state index contributed by atoms with van der Waals surface area (Å²) in [6, 6.07) is 9.19. The minimum atomic E-state index is -3.62. The molecule has 1 aromatic carbocycles. The molecule has 0 aliphatic rings. The molecule has 0 unspecified atom stereocenters. The second kappa shape index (κ2) is 6.80. The maximum Gasteiger partial charge on any atom is 0.241 e. The molecule has 3 nitrogen and oxygen atoms in total. The molecule has 1 atom stereocenters. The summed E-state index contributed by atoms with van der Waals surface area (Å²) in [4.78, 5) is 1.33. The highest BCUT2D eigenvalue weighted by Gasteiger charge is 2.25. The van der Waals surface area contributed by atoms with Gasteiger partial charge in [0.05, 0.1) is 10.9 Å². The summed E-state index contributed by atoms with van der Waals surface area (Å²) in [7, 11) is -3.62. The average Bonchev–Trinajstić information content (AvgIpc) is 3.21. The molecule has 0 fully saturated rings. The van der Waals surface area contributed by atoms with E-state index in [1.807, 2.05) is 61.2 Å². The maximum atomic E-state index is 13.0. The van der Waals surface area contributed by atoms with Crippen molar-refractivity contribution in [3.8, 4) is 0 Å².